The van der Waals surface area contributed by atoms with E-state index in [1.165, 1.54) is 0 Å². The number of ether oxygens (including phenoxy) is 3. The SMILES string of the molecule is C[C@H]1Cc2ccccc2N1C(=O)COC(=O)c1ccc(OC[C@H]2CCCO2)cc1. The van der Waals surface area contributed by atoms with Gasteiger partial charge in [0.15, 0.2) is 6.61 Å². The number of hydrogen-bond acceptors (Lipinski definition) is 5. The van der Waals surface area contributed by atoms with E-state index in [1.54, 1.807) is 29.2 Å². The van der Waals surface area contributed by atoms with Crippen molar-refractivity contribution in [1.29, 1.82) is 0 Å². The molecule has 0 N–H and O–H groups in total. The average Bonchev–Trinajstić information content (AvgIpc) is 3.37. The molecular formula is C23H25NO5. The fourth-order valence-corrected chi connectivity index (χ4v) is 3.88. The molecule has 2 aromatic rings. The number of hydrogen-bond donors (Lipinski definition) is 0. The fraction of sp³-hybridized carbons (Fsp3) is 0.391. The maximum Gasteiger partial charge on any atom is 0.338 e. The van der Waals surface area contributed by atoms with E-state index in [1.807, 2.05) is 31.2 Å². The number of fused-ring (bicyclic) bond motifs is 1. The minimum Gasteiger partial charge on any atom is -0.491 e. The Morgan fingerprint density at radius 2 is 1.93 bits per heavy atom. The zero-order valence-corrected chi connectivity index (χ0v) is 16.5. The minimum atomic E-state index is -0.524. The lowest BCUT2D eigenvalue weighted by molar-refractivity contribution is -0.122. The zero-order valence-electron chi connectivity index (χ0n) is 16.5. The molecule has 6 nitrogen and oxygen atoms in total. The van der Waals surface area contributed by atoms with Crippen molar-refractivity contribution in [2.24, 2.45) is 0 Å². The van der Waals surface area contributed by atoms with Gasteiger partial charge in [-0.1, -0.05) is 18.2 Å². The van der Waals surface area contributed by atoms with Crippen molar-refractivity contribution in [3.8, 4) is 5.75 Å². The van der Waals surface area contributed by atoms with E-state index in [2.05, 4.69) is 0 Å². The summed E-state index contributed by atoms with van der Waals surface area (Å²) in [5.41, 5.74) is 2.42. The molecule has 0 bridgehead atoms. The summed E-state index contributed by atoms with van der Waals surface area (Å²) in [7, 11) is 0. The molecule has 2 heterocycles. The standard InChI is InChI=1S/C23H25NO5/c1-16-13-18-5-2-3-7-21(18)24(16)22(25)15-29-23(26)17-8-10-19(11-9-17)28-14-20-6-4-12-27-20/h2-3,5,7-11,16,20H,4,6,12-15H2,1H3/t16-,20+/m0/s1. The number of amides is 1. The maximum atomic E-state index is 12.6. The highest BCUT2D eigenvalue weighted by molar-refractivity contribution is 5.99. The zero-order chi connectivity index (χ0) is 20.2. The quantitative estimate of drug-likeness (QED) is 0.702. The lowest BCUT2D eigenvalue weighted by Gasteiger charge is -2.22. The van der Waals surface area contributed by atoms with E-state index in [-0.39, 0.29) is 24.7 Å². The molecule has 152 valence electrons. The van der Waals surface area contributed by atoms with Gasteiger partial charge < -0.3 is 19.1 Å². The van der Waals surface area contributed by atoms with Gasteiger partial charge in [-0.05, 0) is 62.1 Å². The van der Waals surface area contributed by atoms with Gasteiger partial charge in [0.25, 0.3) is 5.91 Å². The van der Waals surface area contributed by atoms with Crippen LogP contribution in [-0.2, 0) is 20.7 Å². The number of para-hydroxylation sites is 1. The van der Waals surface area contributed by atoms with Gasteiger partial charge in [0, 0.05) is 18.3 Å². The van der Waals surface area contributed by atoms with E-state index >= 15 is 0 Å². The predicted molar refractivity (Wildman–Crippen MR) is 108 cm³/mol. The second-order valence-corrected chi connectivity index (χ2v) is 7.49. The van der Waals surface area contributed by atoms with Gasteiger partial charge in [-0.15, -0.1) is 0 Å². The van der Waals surface area contributed by atoms with Crippen LogP contribution in [0.5, 0.6) is 5.75 Å². The van der Waals surface area contributed by atoms with Crippen LogP contribution >= 0.6 is 0 Å². The maximum absolute atomic E-state index is 12.6. The van der Waals surface area contributed by atoms with Crippen LogP contribution in [0.4, 0.5) is 5.69 Å². The summed E-state index contributed by atoms with van der Waals surface area (Å²) < 4.78 is 16.5. The van der Waals surface area contributed by atoms with Gasteiger partial charge in [0.1, 0.15) is 12.4 Å². The number of rotatable bonds is 6. The molecule has 0 radical (unpaired) electrons. The summed E-state index contributed by atoms with van der Waals surface area (Å²) in [6, 6.07) is 14.6. The molecule has 2 aliphatic rings. The monoisotopic (exact) mass is 395 g/mol. The van der Waals surface area contributed by atoms with Crippen molar-refractivity contribution >= 4 is 17.6 Å². The number of esters is 1. The average molecular weight is 395 g/mol. The van der Waals surface area contributed by atoms with Gasteiger partial charge in [-0.3, -0.25) is 4.79 Å². The highest BCUT2D eigenvalue weighted by Crippen LogP contribution is 2.31. The lowest BCUT2D eigenvalue weighted by atomic mass is 10.1. The summed E-state index contributed by atoms with van der Waals surface area (Å²) >= 11 is 0. The molecule has 2 aromatic carbocycles. The van der Waals surface area contributed by atoms with E-state index in [4.69, 9.17) is 14.2 Å². The Morgan fingerprint density at radius 1 is 1.14 bits per heavy atom. The summed E-state index contributed by atoms with van der Waals surface area (Å²) in [5, 5.41) is 0. The molecule has 0 aromatic heterocycles. The third-order valence-electron chi connectivity index (χ3n) is 5.35. The minimum absolute atomic E-state index is 0.0545. The van der Waals surface area contributed by atoms with E-state index in [9.17, 15) is 9.59 Å². The van der Waals surface area contributed by atoms with E-state index in [0.29, 0.717) is 17.9 Å². The van der Waals surface area contributed by atoms with Crippen molar-refractivity contribution in [1.82, 2.24) is 0 Å². The molecular weight excluding hydrogens is 370 g/mol. The van der Waals surface area contributed by atoms with E-state index < -0.39 is 5.97 Å². The van der Waals surface area contributed by atoms with Crippen LogP contribution in [0.2, 0.25) is 0 Å². The number of carbonyl (C=O) groups excluding carboxylic acids is 2. The van der Waals surface area contributed by atoms with Gasteiger partial charge >= 0.3 is 5.97 Å². The van der Waals surface area contributed by atoms with E-state index in [0.717, 1.165) is 37.1 Å². The van der Waals surface area contributed by atoms with Gasteiger partial charge in [0.05, 0.1) is 11.7 Å². The molecule has 2 atom stereocenters. The first-order chi connectivity index (χ1) is 14.1. The number of nitrogens with zero attached hydrogens (tertiary/aromatic N) is 1. The molecule has 2 aliphatic heterocycles. The molecule has 1 fully saturated rings. The Bertz CT molecular complexity index is 873. The summed E-state index contributed by atoms with van der Waals surface area (Å²) in [6.45, 7) is 3.01. The molecule has 0 unspecified atom stereocenters. The first kappa shape index (κ1) is 19.5. The van der Waals surface area contributed by atoms with Crippen molar-refractivity contribution < 1.29 is 23.8 Å². The predicted octanol–water partition coefficient (Wildman–Crippen LogP) is 3.38. The van der Waals surface area contributed by atoms with Crippen LogP contribution in [0.25, 0.3) is 0 Å². The fourth-order valence-electron chi connectivity index (χ4n) is 3.88. The molecule has 1 saturated heterocycles. The highest BCUT2D eigenvalue weighted by Gasteiger charge is 2.31. The van der Waals surface area contributed by atoms with Crippen molar-refractivity contribution in [3.63, 3.8) is 0 Å². The van der Waals surface area contributed by atoms with Crippen molar-refractivity contribution in [3.05, 3.63) is 59.7 Å². The first-order valence-corrected chi connectivity index (χ1v) is 10.0. The Kier molecular flexibility index (Phi) is 5.81. The molecule has 0 aliphatic carbocycles. The molecule has 4 rings (SSSR count). The normalized spacial score (nSPS) is 20.4. The van der Waals surface area contributed by atoms with Crippen LogP contribution in [0.15, 0.2) is 48.5 Å². The summed E-state index contributed by atoms with van der Waals surface area (Å²) in [4.78, 5) is 26.7. The van der Waals surface area contributed by atoms with Crippen LogP contribution in [-0.4, -0.2) is 43.8 Å². The van der Waals surface area contributed by atoms with Gasteiger partial charge in [0.2, 0.25) is 0 Å². The summed E-state index contributed by atoms with van der Waals surface area (Å²) in [6.07, 6.45) is 3.03. The highest BCUT2D eigenvalue weighted by atomic mass is 16.5. The van der Waals surface area contributed by atoms with Crippen molar-refractivity contribution in [2.45, 2.75) is 38.3 Å². The van der Waals surface area contributed by atoms with Crippen molar-refractivity contribution in [2.75, 3.05) is 24.7 Å². The molecule has 6 heteroatoms. The number of anilines is 1. The largest absolute Gasteiger partial charge is 0.491 e. The third-order valence-corrected chi connectivity index (χ3v) is 5.35. The topological polar surface area (TPSA) is 65.1 Å². The number of carbonyl (C=O) groups is 2. The molecule has 0 spiro atoms. The first-order valence-electron chi connectivity index (χ1n) is 10.0. The Labute approximate surface area is 170 Å². The Balaban J connectivity index is 1.29. The molecule has 29 heavy (non-hydrogen) atoms. The Hall–Kier alpha value is -2.86. The smallest absolute Gasteiger partial charge is 0.338 e. The van der Waals surface area contributed by atoms with Gasteiger partial charge in [-0.2, -0.15) is 0 Å². The van der Waals surface area contributed by atoms with Gasteiger partial charge in [-0.25, -0.2) is 4.79 Å². The molecule has 0 saturated carbocycles. The third kappa shape index (κ3) is 4.43. The number of benzene rings is 2. The lowest BCUT2D eigenvalue weighted by Crippen LogP contribution is -2.38. The second kappa shape index (κ2) is 8.66. The summed E-state index contributed by atoms with van der Waals surface area (Å²) in [5.74, 6) is -0.0629. The van der Waals surface area contributed by atoms with Crippen LogP contribution in [0.3, 0.4) is 0 Å². The second-order valence-electron chi connectivity index (χ2n) is 7.49. The molecule has 1 amide bonds. The van der Waals surface area contributed by atoms with Crippen LogP contribution in [0, 0.1) is 0 Å². The van der Waals surface area contributed by atoms with Crippen LogP contribution < -0.4 is 9.64 Å². The van der Waals surface area contributed by atoms with Crippen LogP contribution in [0.1, 0.15) is 35.7 Å². The Morgan fingerprint density at radius 3 is 2.69 bits per heavy atom.